The molecular formula is C12H11Br2NO. The molecule has 0 fully saturated rings. The van der Waals surface area contributed by atoms with Crippen LogP contribution in [-0.4, -0.2) is 0 Å². The SMILES string of the molecule is Cc1ccoc1CNc1c(Br)cccc1Br. The first-order valence-corrected chi connectivity index (χ1v) is 6.48. The highest BCUT2D eigenvalue weighted by Crippen LogP contribution is 2.31. The number of hydrogen-bond acceptors (Lipinski definition) is 2. The predicted octanol–water partition coefficient (Wildman–Crippen LogP) is 4.73. The molecule has 0 atom stereocenters. The van der Waals surface area contributed by atoms with Gasteiger partial charge in [-0.15, -0.1) is 0 Å². The highest BCUT2D eigenvalue weighted by molar-refractivity contribution is 9.11. The van der Waals surface area contributed by atoms with Crippen LogP contribution in [-0.2, 0) is 6.54 Å². The van der Waals surface area contributed by atoms with E-state index in [-0.39, 0.29) is 0 Å². The zero-order valence-corrected chi connectivity index (χ0v) is 11.9. The maximum Gasteiger partial charge on any atom is 0.125 e. The lowest BCUT2D eigenvalue weighted by Gasteiger charge is -2.09. The van der Waals surface area contributed by atoms with Gasteiger partial charge in [0.1, 0.15) is 5.76 Å². The number of anilines is 1. The number of furan rings is 1. The minimum Gasteiger partial charge on any atom is -0.467 e. The van der Waals surface area contributed by atoms with Crippen molar-refractivity contribution in [3.05, 3.63) is 50.8 Å². The van der Waals surface area contributed by atoms with Gasteiger partial charge in [-0.3, -0.25) is 0 Å². The standard InChI is InChI=1S/C12H11Br2NO/c1-8-5-6-16-11(8)7-15-12-9(13)3-2-4-10(12)14/h2-6,15H,7H2,1H3. The van der Waals surface area contributed by atoms with Gasteiger partial charge in [-0.25, -0.2) is 0 Å². The number of hydrogen-bond donors (Lipinski definition) is 1. The first kappa shape index (κ1) is 11.7. The topological polar surface area (TPSA) is 25.2 Å². The molecule has 4 heteroatoms. The van der Waals surface area contributed by atoms with E-state index >= 15 is 0 Å². The van der Waals surface area contributed by atoms with Crippen LogP contribution in [0.15, 0.2) is 43.9 Å². The van der Waals surface area contributed by atoms with Crippen LogP contribution in [0.25, 0.3) is 0 Å². The largest absolute Gasteiger partial charge is 0.467 e. The van der Waals surface area contributed by atoms with Gasteiger partial charge in [-0.1, -0.05) is 6.07 Å². The Kier molecular flexibility index (Phi) is 3.71. The zero-order valence-electron chi connectivity index (χ0n) is 8.76. The lowest BCUT2D eigenvalue weighted by Crippen LogP contribution is -2.00. The first-order chi connectivity index (χ1) is 7.68. The molecule has 0 saturated heterocycles. The summed E-state index contributed by atoms with van der Waals surface area (Å²) in [5.41, 5.74) is 2.20. The highest BCUT2D eigenvalue weighted by Gasteiger charge is 2.06. The molecule has 0 unspecified atom stereocenters. The summed E-state index contributed by atoms with van der Waals surface area (Å²) in [5.74, 6) is 0.961. The van der Waals surface area contributed by atoms with E-state index < -0.39 is 0 Å². The molecule has 0 spiro atoms. The van der Waals surface area contributed by atoms with Crippen LogP contribution >= 0.6 is 31.9 Å². The number of rotatable bonds is 3. The van der Waals surface area contributed by atoms with E-state index in [0.717, 1.165) is 26.0 Å². The molecular weight excluding hydrogens is 334 g/mol. The Hall–Kier alpha value is -0.740. The number of benzene rings is 1. The summed E-state index contributed by atoms with van der Waals surface area (Å²) in [6.45, 7) is 2.72. The Morgan fingerprint density at radius 1 is 1.19 bits per heavy atom. The fourth-order valence-electron chi connectivity index (χ4n) is 1.42. The van der Waals surface area contributed by atoms with E-state index in [0.29, 0.717) is 6.54 Å². The Morgan fingerprint density at radius 2 is 1.88 bits per heavy atom. The summed E-state index contributed by atoms with van der Waals surface area (Å²) in [6.07, 6.45) is 1.71. The van der Waals surface area contributed by atoms with Crippen molar-refractivity contribution in [3.63, 3.8) is 0 Å². The molecule has 0 aliphatic heterocycles. The van der Waals surface area contributed by atoms with E-state index in [1.807, 2.05) is 31.2 Å². The zero-order chi connectivity index (χ0) is 11.5. The van der Waals surface area contributed by atoms with Gasteiger partial charge in [0.2, 0.25) is 0 Å². The van der Waals surface area contributed by atoms with E-state index in [1.165, 1.54) is 0 Å². The maximum atomic E-state index is 5.37. The van der Waals surface area contributed by atoms with Gasteiger partial charge in [-0.2, -0.15) is 0 Å². The Bertz CT molecular complexity index is 473. The number of halogens is 2. The molecule has 1 aromatic heterocycles. The number of aryl methyl sites for hydroxylation is 1. The molecule has 0 aliphatic carbocycles. The van der Waals surface area contributed by atoms with Crippen LogP contribution < -0.4 is 5.32 Å². The second-order valence-corrected chi connectivity index (χ2v) is 5.19. The van der Waals surface area contributed by atoms with Crippen molar-refractivity contribution in [3.8, 4) is 0 Å². The third-order valence-electron chi connectivity index (χ3n) is 2.36. The van der Waals surface area contributed by atoms with Crippen molar-refractivity contribution in [1.29, 1.82) is 0 Å². The third kappa shape index (κ3) is 2.50. The Labute approximate surface area is 111 Å². The van der Waals surface area contributed by atoms with Crippen LogP contribution in [0.5, 0.6) is 0 Å². The summed E-state index contributed by atoms with van der Waals surface area (Å²) < 4.78 is 7.44. The minimum atomic E-state index is 0.681. The molecule has 2 nitrogen and oxygen atoms in total. The number of nitrogens with one attached hydrogen (secondary N) is 1. The van der Waals surface area contributed by atoms with Gasteiger partial charge in [0, 0.05) is 8.95 Å². The normalized spacial score (nSPS) is 10.4. The van der Waals surface area contributed by atoms with Crippen molar-refractivity contribution < 1.29 is 4.42 Å². The van der Waals surface area contributed by atoms with Crippen molar-refractivity contribution in [2.75, 3.05) is 5.32 Å². The average molecular weight is 345 g/mol. The van der Waals surface area contributed by atoms with E-state index in [9.17, 15) is 0 Å². The second-order valence-electron chi connectivity index (χ2n) is 3.48. The molecule has 1 aromatic carbocycles. The molecule has 84 valence electrons. The lowest BCUT2D eigenvalue weighted by atomic mass is 10.2. The van der Waals surface area contributed by atoms with Crippen LogP contribution in [0.2, 0.25) is 0 Å². The molecule has 1 N–H and O–H groups in total. The van der Waals surface area contributed by atoms with Crippen LogP contribution in [0.4, 0.5) is 5.69 Å². The van der Waals surface area contributed by atoms with Gasteiger partial charge in [0.25, 0.3) is 0 Å². The average Bonchev–Trinajstić information content (AvgIpc) is 2.64. The van der Waals surface area contributed by atoms with Crippen LogP contribution in [0, 0.1) is 6.92 Å². The van der Waals surface area contributed by atoms with E-state index in [4.69, 9.17) is 4.42 Å². The molecule has 0 bridgehead atoms. The first-order valence-electron chi connectivity index (χ1n) is 4.89. The lowest BCUT2D eigenvalue weighted by molar-refractivity contribution is 0.515. The van der Waals surface area contributed by atoms with Crippen LogP contribution in [0.3, 0.4) is 0 Å². The monoisotopic (exact) mass is 343 g/mol. The van der Waals surface area contributed by atoms with Crippen molar-refractivity contribution in [2.45, 2.75) is 13.5 Å². The molecule has 2 rings (SSSR count). The summed E-state index contributed by atoms with van der Waals surface area (Å²) in [4.78, 5) is 0. The Morgan fingerprint density at radius 3 is 2.44 bits per heavy atom. The van der Waals surface area contributed by atoms with Crippen molar-refractivity contribution in [2.24, 2.45) is 0 Å². The molecule has 1 heterocycles. The van der Waals surface area contributed by atoms with Gasteiger partial charge in [-0.05, 0) is 62.5 Å². The fraction of sp³-hybridized carbons (Fsp3) is 0.167. The van der Waals surface area contributed by atoms with E-state index in [1.54, 1.807) is 6.26 Å². The minimum absolute atomic E-state index is 0.681. The fourth-order valence-corrected chi connectivity index (χ4v) is 2.70. The smallest absolute Gasteiger partial charge is 0.125 e. The number of para-hydroxylation sites is 1. The molecule has 0 amide bonds. The van der Waals surface area contributed by atoms with Crippen molar-refractivity contribution >= 4 is 37.5 Å². The maximum absolute atomic E-state index is 5.37. The predicted molar refractivity (Wildman–Crippen MR) is 72.6 cm³/mol. The van der Waals surface area contributed by atoms with Crippen LogP contribution in [0.1, 0.15) is 11.3 Å². The summed E-state index contributed by atoms with van der Waals surface area (Å²) in [7, 11) is 0. The Balaban J connectivity index is 2.14. The summed E-state index contributed by atoms with van der Waals surface area (Å²) in [5, 5.41) is 3.34. The molecule has 2 aromatic rings. The van der Waals surface area contributed by atoms with E-state index in [2.05, 4.69) is 37.2 Å². The molecule has 16 heavy (non-hydrogen) atoms. The highest BCUT2D eigenvalue weighted by atomic mass is 79.9. The molecule has 0 radical (unpaired) electrons. The molecule has 0 saturated carbocycles. The second kappa shape index (κ2) is 5.06. The van der Waals surface area contributed by atoms with Gasteiger partial charge < -0.3 is 9.73 Å². The van der Waals surface area contributed by atoms with Gasteiger partial charge in [0.05, 0.1) is 18.5 Å². The van der Waals surface area contributed by atoms with Gasteiger partial charge in [0.15, 0.2) is 0 Å². The van der Waals surface area contributed by atoms with Crippen molar-refractivity contribution in [1.82, 2.24) is 0 Å². The quantitative estimate of drug-likeness (QED) is 0.871. The summed E-state index contributed by atoms with van der Waals surface area (Å²) >= 11 is 7.01. The molecule has 0 aliphatic rings. The van der Waals surface area contributed by atoms with Gasteiger partial charge >= 0.3 is 0 Å². The summed E-state index contributed by atoms with van der Waals surface area (Å²) in [6, 6.07) is 7.95. The third-order valence-corrected chi connectivity index (χ3v) is 3.68.